The number of ketones is 1. The standard InChI is InChI=1S/C17H15NO4/c1-2-22-16-5-3-4-13(12-16)6-11-17(19)14-7-9-15(10-8-14)18(20)21/h3-12H,2H2,1H3/b11-6+. The number of nitro benzene ring substituents is 1. The Kier molecular flexibility index (Phi) is 5.03. The number of rotatable bonds is 6. The fourth-order valence-corrected chi connectivity index (χ4v) is 1.89. The van der Waals surface area contributed by atoms with Gasteiger partial charge in [-0.05, 0) is 42.8 Å². The van der Waals surface area contributed by atoms with Crippen molar-refractivity contribution in [3.8, 4) is 5.75 Å². The number of hydrogen-bond donors (Lipinski definition) is 0. The molecule has 0 heterocycles. The minimum atomic E-state index is -0.497. The van der Waals surface area contributed by atoms with Crippen molar-refractivity contribution in [2.24, 2.45) is 0 Å². The Morgan fingerprint density at radius 3 is 2.59 bits per heavy atom. The van der Waals surface area contributed by atoms with Crippen LogP contribution >= 0.6 is 0 Å². The lowest BCUT2D eigenvalue weighted by molar-refractivity contribution is -0.384. The molecule has 5 heteroatoms. The SMILES string of the molecule is CCOc1cccc(/C=C/C(=O)c2ccc([N+](=O)[O-])cc2)c1. The zero-order valence-corrected chi connectivity index (χ0v) is 12.1. The first-order valence-electron chi connectivity index (χ1n) is 6.80. The number of ether oxygens (including phenoxy) is 1. The minimum absolute atomic E-state index is 0.0371. The quantitative estimate of drug-likeness (QED) is 0.351. The normalized spacial score (nSPS) is 10.6. The number of nitrogens with zero attached hydrogens (tertiary/aromatic N) is 1. The van der Waals surface area contributed by atoms with E-state index in [-0.39, 0.29) is 11.5 Å². The first-order valence-corrected chi connectivity index (χ1v) is 6.80. The zero-order chi connectivity index (χ0) is 15.9. The molecule has 2 rings (SSSR count). The monoisotopic (exact) mass is 297 g/mol. The van der Waals surface area contributed by atoms with Gasteiger partial charge >= 0.3 is 0 Å². The van der Waals surface area contributed by atoms with Gasteiger partial charge in [-0.15, -0.1) is 0 Å². The molecular weight excluding hydrogens is 282 g/mol. The summed E-state index contributed by atoms with van der Waals surface area (Å²) in [7, 11) is 0. The Balaban J connectivity index is 2.10. The van der Waals surface area contributed by atoms with Gasteiger partial charge in [0.1, 0.15) is 5.75 Å². The molecule has 0 N–H and O–H groups in total. The molecule has 0 unspecified atom stereocenters. The number of allylic oxidation sites excluding steroid dienone is 1. The van der Waals surface area contributed by atoms with Crippen LogP contribution in [0.3, 0.4) is 0 Å². The molecule has 22 heavy (non-hydrogen) atoms. The highest BCUT2D eigenvalue weighted by Crippen LogP contribution is 2.16. The van der Waals surface area contributed by atoms with Gasteiger partial charge in [0.05, 0.1) is 11.5 Å². The molecule has 112 valence electrons. The van der Waals surface area contributed by atoms with Crippen LogP contribution in [-0.4, -0.2) is 17.3 Å². The van der Waals surface area contributed by atoms with E-state index in [1.807, 2.05) is 31.2 Å². The van der Waals surface area contributed by atoms with Crippen molar-refractivity contribution < 1.29 is 14.5 Å². The third kappa shape index (κ3) is 4.02. The van der Waals surface area contributed by atoms with Crippen molar-refractivity contribution >= 4 is 17.5 Å². The minimum Gasteiger partial charge on any atom is -0.494 e. The second-order valence-corrected chi connectivity index (χ2v) is 4.51. The highest BCUT2D eigenvalue weighted by atomic mass is 16.6. The number of carbonyl (C=O) groups excluding carboxylic acids is 1. The molecule has 2 aromatic rings. The molecule has 0 aliphatic heterocycles. The Hall–Kier alpha value is -2.95. The second-order valence-electron chi connectivity index (χ2n) is 4.51. The van der Waals surface area contributed by atoms with E-state index in [9.17, 15) is 14.9 Å². The summed E-state index contributed by atoms with van der Waals surface area (Å²) in [6.07, 6.45) is 3.12. The molecule has 5 nitrogen and oxygen atoms in total. The average Bonchev–Trinajstić information content (AvgIpc) is 2.53. The van der Waals surface area contributed by atoms with E-state index in [4.69, 9.17) is 4.74 Å². The van der Waals surface area contributed by atoms with Crippen LogP contribution in [0.25, 0.3) is 6.08 Å². The largest absolute Gasteiger partial charge is 0.494 e. The van der Waals surface area contributed by atoms with Gasteiger partial charge < -0.3 is 4.74 Å². The molecule has 0 atom stereocenters. The highest BCUT2D eigenvalue weighted by Gasteiger charge is 2.07. The molecule has 2 aromatic carbocycles. The van der Waals surface area contributed by atoms with E-state index in [2.05, 4.69) is 0 Å². The molecule has 0 saturated heterocycles. The summed E-state index contributed by atoms with van der Waals surface area (Å²) in [4.78, 5) is 22.1. The van der Waals surface area contributed by atoms with Crippen LogP contribution in [0.2, 0.25) is 0 Å². The van der Waals surface area contributed by atoms with Gasteiger partial charge in [0, 0.05) is 17.7 Å². The predicted octanol–water partition coefficient (Wildman–Crippen LogP) is 3.89. The fraction of sp³-hybridized carbons (Fsp3) is 0.118. The molecule has 0 radical (unpaired) electrons. The van der Waals surface area contributed by atoms with Crippen LogP contribution in [-0.2, 0) is 0 Å². The maximum atomic E-state index is 12.0. The smallest absolute Gasteiger partial charge is 0.269 e. The lowest BCUT2D eigenvalue weighted by atomic mass is 10.1. The summed E-state index contributed by atoms with van der Waals surface area (Å²) in [5, 5.41) is 10.6. The summed E-state index contributed by atoms with van der Waals surface area (Å²) >= 11 is 0. The van der Waals surface area contributed by atoms with Crippen molar-refractivity contribution in [1.82, 2.24) is 0 Å². The zero-order valence-electron chi connectivity index (χ0n) is 12.1. The van der Waals surface area contributed by atoms with E-state index >= 15 is 0 Å². The lowest BCUT2D eigenvalue weighted by Crippen LogP contribution is -1.95. The highest BCUT2D eigenvalue weighted by molar-refractivity contribution is 6.06. The molecule has 0 aliphatic rings. The summed E-state index contributed by atoms with van der Waals surface area (Å²) in [5.74, 6) is 0.532. The molecule has 0 aliphatic carbocycles. The van der Waals surface area contributed by atoms with Crippen LogP contribution in [0.4, 0.5) is 5.69 Å². The number of nitro groups is 1. The van der Waals surface area contributed by atoms with E-state index < -0.39 is 4.92 Å². The Morgan fingerprint density at radius 1 is 1.23 bits per heavy atom. The first-order chi connectivity index (χ1) is 10.6. The maximum Gasteiger partial charge on any atom is 0.269 e. The molecule has 0 aromatic heterocycles. The van der Waals surface area contributed by atoms with Crippen LogP contribution in [0.15, 0.2) is 54.6 Å². The molecule has 0 saturated carbocycles. The Morgan fingerprint density at radius 2 is 1.95 bits per heavy atom. The number of hydrogen-bond acceptors (Lipinski definition) is 4. The van der Waals surface area contributed by atoms with Gasteiger partial charge in [0.25, 0.3) is 5.69 Å². The fourth-order valence-electron chi connectivity index (χ4n) is 1.89. The Labute approximate surface area is 128 Å². The molecule has 0 fully saturated rings. The van der Waals surface area contributed by atoms with Crippen molar-refractivity contribution in [3.63, 3.8) is 0 Å². The van der Waals surface area contributed by atoms with Crippen molar-refractivity contribution in [2.75, 3.05) is 6.61 Å². The van der Waals surface area contributed by atoms with Gasteiger partial charge in [-0.1, -0.05) is 18.2 Å². The Bertz CT molecular complexity index is 705. The van der Waals surface area contributed by atoms with Crippen LogP contribution < -0.4 is 4.74 Å². The van der Waals surface area contributed by atoms with Crippen molar-refractivity contribution in [2.45, 2.75) is 6.92 Å². The van der Waals surface area contributed by atoms with Gasteiger partial charge in [-0.3, -0.25) is 14.9 Å². The van der Waals surface area contributed by atoms with E-state index in [1.165, 1.54) is 30.3 Å². The summed E-state index contributed by atoms with van der Waals surface area (Å²) in [6, 6.07) is 12.9. The average molecular weight is 297 g/mol. The summed E-state index contributed by atoms with van der Waals surface area (Å²) in [6.45, 7) is 2.48. The second kappa shape index (κ2) is 7.17. The summed E-state index contributed by atoms with van der Waals surface area (Å²) < 4.78 is 5.39. The molecule has 0 amide bonds. The molecular formula is C17H15NO4. The van der Waals surface area contributed by atoms with Crippen molar-refractivity contribution in [1.29, 1.82) is 0 Å². The van der Waals surface area contributed by atoms with Crippen LogP contribution in [0, 0.1) is 10.1 Å². The van der Waals surface area contributed by atoms with E-state index in [1.54, 1.807) is 6.08 Å². The maximum absolute atomic E-state index is 12.0. The van der Waals surface area contributed by atoms with Crippen LogP contribution in [0.5, 0.6) is 5.75 Å². The third-order valence-electron chi connectivity index (χ3n) is 2.96. The predicted molar refractivity (Wildman–Crippen MR) is 84.1 cm³/mol. The van der Waals surface area contributed by atoms with Gasteiger partial charge in [-0.25, -0.2) is 0 Å². The lowest BCUT2D eigenvalue weighted by Gasteiger charge is -2.03. The molecule has 0 spiro atoms. The van der Waals surface area contributed by atoms with Gasteiger partial charge in [0.15, 0.2) is 5.78 Å². The van der Waals surface area contributed by atoms with Gasteiger partial charge in [0.2, 0.25) is 0 Å². The van der Waals surface area contributed by atoms with Crippen molar-refractivity contribution in [3.05, 3.63) is 75.8 Å². The number of carbonyl (C=O) groups is 1. The number of benzene rings is 2. The van der Waals surface area contributed by atoms with Crippen LogP contribution in [0.1, 0.15) is 22.8 Å². The number of non-ortho nitro benzene ring substituents is 1. The first kappa shape index (κ1) is 15.4. The third-order valence-corrected chi connectivity index (χ3v) is 2.96. The van der Waals surface area contributed by atoms with Gasteiger partial charge in [-0.2, -0.15) is 0 Å². The summed E-state index contributed by atoms with van der Waals surface area (Å²) in [5.41, 5.74) is 1.22. The molecule has 0 bridgehead atoms. The topological polar surface area (TPSA) is 69.4 Å². The van der Waals surface area contributed by atoms with E-state index in [0.29, 0.717) is 12.2 Å². The van der Waals surface area contributed by atoms with E-state index in [0.717, 1.165) is 11.3 Å².